The van der Waals surface area contributed by atoms with E-state index in [1.165, 1.54) is 70.5 Å². The summed E-state index contributed by atoms with van der Waals surface area (Å²) in [5, 5.41) is 0. The minimum absolute atomic E-state index is 0.494. The van der Waals surface area contributed by atoms with E-state index in [1.807, 2.05) is 0 Å². The lowest BCUT2D eigenvalue weighted by molar-refractivity contribution is 0.231. The fourth-order valence-electron chi connectivity index (χ4n) is 5.60. The number of hydrogen-bond donors (Lipinski definition) is 0. The van der Waals surface area contributed by atoms with Crippen molar-refractivity contribution in [2.45, 2.75) is 71.9 Å². The van der Waals surface area contributed by atoms with Gasteiger partial charge < -0.3 is 14.0 Å². The number of halogens is 2. The van der Waals surface area contributed by atoms with Crippen molar-refractivity contribution in [3.63, 3.8) is 0 Å². The van der Waals surface area contributed by atoms with Crippen LogP contribution in [0.3, 0.4) is 0 Å². The Morgan fingerprint density at radius 1 is 0.758 bits per heavy atom. The minimum Gasteiger partial charge on any atom is -0.495 e. The first-order valence-corrected chi connectivity index (χ1v) is 13.6. The maximum Gasteiger partial charge on any atom is 0.165 e. The summed E-state index contributed by atoms with van der Waals surface area (Å²) in [4.78, 5) is 0. The summed E-state index contributed by atoms with van der Waals surface area (Å²) in [5.41, 5.74) is 10.6. The first kappa shape index (κ1) is 23.0. The number of fused-ring (bicyclic) bond motifs is 2. The zero-order valence-electron chi connectivity index (χ0n) is 19.7. The molecule has 2 aromatic carbocycles. The van der Waals surface area contributed by atoms with E-state index in [-0.39, 0.29) is 0 Å². The number of hydrogen-bond acceptors (Lipinski definition) is 2. The van der Waals surface area contributed by atoms with E-state index < -0.39 is 0 Å². The van der Waals surface area contributed by atoms with Gasteiger partial charge in [0.2, 0.25) is 0 Å². The number of ether oxygens (including phenoxy) is 2. The van der Waals surface area contributed by atoms with Crippen molar-refractivity contribution in [3.05, 3.63) is 66.9 Å². The lowest BCUT2D eigenvalue weighted by atomic mass is 9.80. The van der Waals surface area contributed by atoms with Crippen molar-refractivity contribution < 1.29 is 9.47 Å². The Morgan fingerprint density at radius 3 is 1.79 bits per heavy atom. The van der Waals surface area contributed by atoms with E-state index in [4.69, 9.17) is 9.47 Å². The summed E-state index contributed by atoms with van der Waals surface area (Å²) in [6.07, 6.45) is 9.35. The Morgan fingerprint density at radius 2 is 1.24 bits per heavy atom. The van der Waals surface area contributed by atoms with Crippen LogP contribution in [0.25, 0.3) is 11.1 Å². The van der Waals surface area contributed by atoms with Gasteiger partial charge in [-0.2, -0.15) is 0 Å². The predicted octanol–water partition coefficient (Wildman–Crippen LogP) is 8.10. The molecule has 1 heterocycles. The standard InChI is InChI=1S/C28H31Br2NO2/c1-17-12-13-18(2)31(17)16-33-28-24(30)15-20-9-5-7-11-22(20)26(28)25-21-10-6-4-8-19(21)14-23(29)27(25)32-3/h12-15H,4-11,16H2,1-3H3. The molecule has 0 fully saturated rings. The Hall–Kier alpha value is -1.72. The third kappa shape index (κ3) is 4.16. The van der Waals surface area contributed by atoms with Gasteiger partial charge in [0, 0.05) is 22.5 Å². The van der Waals surface area contributed by atoms with E-state index in [2.05, 4.69) is 74.5 Å². The minimum atomic E-state index is 0.494. The molecule has 0 atom stereocenters. The lowest BCUT2D eigenvalue weighted by Gasteiger charge is -2.29. The first-order chi connectivity index (χ1) is 16.0. The summed E-state index contributed by atoms with van der Waals surface area (Å²) in [6.45, 7) is 4.76. The van der Waals surface area contributed by atoms with E-state index in [0.717, 1.165) is 46.1 Å². The van der Waals surface area contributed by atoms with E-state index in [9.17, 15) is 0 Å². The predicted molar refractivity (Wildman–Crippen MR) is 142 cm³/mol. The van der Waals surface area contributed by atoms with Crippen LogP contribution in [-0.2, 0) is 32.4 Å². The second-order valence-corrected chi connectivity index (χ2v) is 11.0. The largest absolute Gasteiger partial charge is 0.495 e. The maximum absolute atomic E-state index is 6.67. The van der Waals surface area contributed by atoms with Gasteiger partial charge in [-0.15, -0.1) is 0 Å². The van der Waals surface area contributed by atoms with Crippen LogP contribution in [0.4, 0.5) is 0 Å². The highest BCUT2D eigenvalue weighted by Gasteiger charge is 2.29. The molecule has 0 saturated heterocycles. The van der Waals surface area contributed by atoms with Gasteiger partial charge in [0.25, 0.3) is 0 Å². The summed E-state index contributed by atoms with van der Waals surface area (Å²) in [7, 11) is 1.79. The molecule has 0 unspecified atom stereocenters. The molecule has 2 aliphatic carbocycles. The van der Waals surface area contributed by atoms with Gasteiger partial charge in [-0.3, -0.25) is 0 Å². The van der Waals surface area contributed by atoms with Gasteiger partial charge in [-0.25, -0.2) is 0 Å². The van der Waals surface area contributed by atoms with Gasteiger partial charge in [0.15, 0.2) is 6.73 Å². The molecule has 3 nitrogen and oxygen atoms in total. The van der Waals surface area contributed by atoms with Gasteiger partial charge in [-0.1, -0.05) is 0 Å². The number of aryl methyl sites for hydroxylation is 4. The average molecular weight is 573 g/mol. The lowest BCUT2D eigenvalue weighted by Crippen LogP contribution is -2.14. The monoisotopic (exact) mass is 571 g/mol. The average Bonchev–Trinajstić information content (AvgIpc) is 3.13. The number of methoxy groups -OCH3 is 1. The molecule has 0 radical (unpaired) electrons. The normalized spacial score (nSPS) is 15.2. The molecule has 5 heteroatoms. The van der Waals surface area contributed by atoms with Gasteiger partial charge >= 0.3 is 0 Å². The van der Waals surface area contributed by atoms with Crippen LogP contribution >= 0.6 is 31.9 Å². The highest BCUT2D eigenvalue weighted by Crippen LogP contribution is 2.51. The highest BCUT2D eigenvalue weighted by molar-refractivity contribution is 9.11. The zero-order chi connectivity index (χ0) is 23.1. The number of nitrogens with zero attached hydrogens (tertiary/aromatic N) is 1. The SMILES string of the molecule is COc1c(Br)cc2c(c1-c1c3c(cc(Br)c1OCn1c(C)ccc1C)CCCC3)CCCC2. The smallest absolute Gasteiger partial charge is 0.165 e. The number of aromatic nitrogens is 1. The third-order valence-corrected chi connectivity index (χ3v) is 8.50. The van der Waals surface area contributed by atoms with Crippen molar-refractivity contribution in [2.75, 3.05) is 7.11 Å². The Bertz CT molecular complexity index is 1190. The van der Waals surface area contributed by atoms with Crippen LogP contribution in [0, 0.1) is 13.8 Å². The van der Waals surface area contributed by atoms with Crippen molar-refractivity contribution in [3.8, 4) is 22.6 Å². The second-order valence-electron chi connectivity index (χ2n) is 9.34. The van der Waals surface area contributed by atoms with Crippen molar-refractivity contribution in [2.24, 2.45) is 0 Å². The molecule has 3 aromatic rings. The van der Waals surface area contributed by atoms with Crippen molar-refractivity contribution in [1.82, 2.24) is 4.57 Å². The third-order valence-electron chi connectivity index (χ3n) is 7.32. The Balaban J connectivity index is 1.75. The van der Waals surface area contributed by atoms with Crippen LogP contribution in [-0.4, -0.2) is 11.7 Å². The van der Waals surface area contributed by atoms with Crippen LogP contribution < -0.4 is 9.47 Å². The summed E-state index contributed by atoms with van der Waals surface area (Å²) in [6, 6.07) is 8.86. The highest BCUT2D eigenvalue weighted by atomic mass is 79.9. The van der Waals surface area contributed by atoms with Crippen LogP contribution in [0.5, 0.6) is 11.5 Å². The topological polar surface area (TPSA) is 23.4 Å². The fourth-order valence-corrected chi connectivity index (χ4v) is 6.82. The molecule has 1 aromatic heterocycles. The molecule has 33 heavy (non-hydrogen) atoms. The molecule has 0 aliphatic heterocycles. The molecule has 174 valence electrons. The van der Waals surface area contributed by atoms with Crippen LogP contribution in [0.2, 0.25) is 0 Å². The molecule has 0 N–H and O–H groups in total. The van der Waals surface area contributed by atoms with E-state index >= 15 is 0 Å². The summed E-state index contributed by atoms with van der Waals surface area (Å²) in [5.74, 6) is 1.87. The van der Waals surface area contributed by atoms with Gasteiger partial charge in [0.1, 0.15) is 11.5 Å². The van der Waals surface area contributed by atoms with E-state index in [0.29, 0.717) is 6.73 Å². The maximum atomic E-state index is 6.67. The van der Waals surface area contributed by atoms with Crippen LogP contribution in [0.1, 0.15) is 59.3 Å². The first-order valence-electron chi connectivity index (χ1n) is 12.0. The second kappa shape index (κ2) is 9.50. The van der Waals surface area contributed by atoms with Crippen LogP contribution in [0.15, 0.2) is 33.2 Å². The molecule has 0 amide bonds. The van der Waals surface area contributed by atoms with Crippen molar-refractivity contribution in [1.29, 1.82) is 0 Å². The summed E-state index contributed by atoms with van der Waals surface area (Å²) < 4.78 is 17.0. The molecule has 0 bridgehead atoms. The molecule has 5 rings (SSSR count). The van der Waals surface area contributed by atoms with Gasteiger partial charge in [-0.05, 0) is 144 Å². The Labute approximate surface area is 213 Å². The van der Waals surface area contributed by atoms with E-state index in [1.54, 1.807) is 7.11 Å². The summed E-state index contributed by atoms with van der Waals surface area (Å²) >= 11 is 7.73. The zero-order valence-corrected chi connectivity index (χ0v) is 22.9. The quantitative estimate of drug-likeness (QED) is 0.308. The molecule has 0 saturated carbocycles. The number of benzene rings is 2. The molecular weight excluding hydrogens is 542 g/mol. The number of rotatable bonds is 5. The Kier molecular flexibility index (Phi) is 6.63. The molecular formula is C28H31Br2NO2. The van der Waals surface area contributed by atoms with Crippen molar-refractivity contribution >= 4 is 31.9 Å². The molecule has 2 aliphatic rings. The molecule has 0 spiro atoms. The van der Waals surface area contributed by atoms with Gasteiger partial charge in [0.05, 0.1) is 16.1 Å². The fraction of sp³-hybridized carbons (Fsp3) is 0.429.